The van der Waals surface area contributed by atoms with Crippen LogP contribution >= 0.6 is 0 Å². The molecule has 8 heteroatoms. The second-order valence-electron chi connectivity index (χ2n) is 8.70. The number of aromatic nitrogens is 2. The van der Waals surface area contributed by atoms with E-state index in [1.165, 1.54) is 13.2 Å². The van der Waals surface area contributed by atoms with E-state index in [9.17, 15) is 14.3 Å². The Kier molecular flexibility index (Phi) is 6.74. The number of methoxy groups -OCH3 is 2. The molecule has 0 unspecified atom stereocenters. The van der Waals surface area contributed by atoms with Gasteiger partial charge in [-0.25, -0.2) is 9.37 Å². The third kappa shape index (κ3) is 4.83. The zero-order valence-corrected chi connectivity index (χ0v) is 20.4. The number of aliphatic hydroxyl groups is 1. The van der Waals surface area contributed by atoms with E-state index in [0.717, 1.165) is 16.5 Å². The molecule has 1 atom stereocenters. The maximum Gasteiger partial charge on any atom is 0.252 e. The molecule has 0 fully saturated rings. The summed E-state index contributed by atoms with van der Waals surface area (Å²) in [6.07, 6.45) is 2.34. The van der Waals surface area contributed by atoms with Crippen LogP contribution in [0.25, 0.3) is 33.1 Å². The van der Waals surface area contributed by atoms with E-state index < -0.39 is 11.9 Å². The summed E-state index contributed by atoms with van der Waals surface area (Å²) in [5.41, 5.74) is 4.01. The highest BCUT2D eigenvalue weighted by molar-refractivity contribution is 6.07. The summed E-state index contributed by atoms with van der Waals surface area (Å²) in [6, 6.07) is 18.7. The van der Waals surface area contributed by atoms with Crippen molar-refractivity contribution in [3.05, 3.63) is 89.9 Å². The lowest BCUT2D eigenvalue weighted by molar-refractivity contribution is 0.0918. The molecule has 7 nitrogen and oxygen atoms in total. The second-order valence-corrected chi connectivity index (χ2v) is 8.70. The third-order valence-electron chi connectivity index (χ3n) is 6.40. The van der Waals surface area contributed by atoms with Gasteiger partial charge in [0.1, 0.15) is 5.75 Å². The van der Waals surface area contributed by atoms with Crippen LogP contribution in [0.5, 0.6) is 11.5 Å². The Labute approximate surface area is 212 Å². The number of nitrogens with one attached hydrogen (secondary N) is 2. The van der Waals surface area contributed by atoms with Gasteiger partial charge in [-0.1, -0.05) is 18.2 Å². The van der Waals surface area contributed by atoms with Crippen molar-refractivity contribution in [1.82, 2.24) is 15.3 Å². The number of nitrogens with zero attached hydrogens (tertiary/aromatic N) is 1. The summed E-state index contributed by atoms with van der Waals surface area (Å²) in [6.45, 7) is -0.237. The van der Waals surface area contributed by atoms with Gasteiger partial charge in [0.2, 0.25) is 0 Å². The van der Waals surface area contributed by atoms with Crippen LogP contribution in [0.1, 0.15) is 15.9 Å². The molecule has 188 valence electrons. The lowest BCUT2D eigenvalue weighted by Crippen LogP contribution is -2.39. The highest BCUT2D eigenvalue weighted by Gasteiger charge is 2.20. The molecule has 0 aliphatic heterocycles. The topological polar surface area (TPSA) is 96.5 Å². The van der Waals surface area contributed by atoms with Gasteiger partial charge in [-0.3, -0.25) is 4.79 Å². The average Bonchev–Trinajstić information content (AvgIpc) is 3.34. The van der Waals surface area contributed by atoms with Crippen LogP contribution in [0.3, 0.4) is 0 Å². The van der Waals surface area contributed by atoms with Crippen LogP contribution in [-0.4, -0.2) is 47.8 Å². The smallest absolute Gasteiger partial charge is 0.252 e. The Balaban J connectivity index is 1.52. The number of aromatic amines is 1. The highest BCUT2D eigenvalue weighted by Crippen LogP contribution is 2.30. The highest BCUT2D eigenvalue weighted by atomic mass is 19.1. The van der Waals surface area contributed by atoms with Gasteiger partial charge in [0.15, 0.2) is 11.6 Å². The summed E-state index contributed by atoms with van der Waals surface area (Å²) >= 11 is 0. The van der Waals surface area contributed by atoms with Crippen LogP contribution in [0.4, 0.5) is 4.39 Å². The molecule has 0 saturated carbocycles. The first kappa shape index (κ1) is 24.3. The van der Waals surface area contributed by atoms with E-state index in [-0.39, 0.29) is 18.3 Å². The van der Waals surface area contributed by atoms with E-state index in [2.05, 4.69) is 10.3 Å². The first-order chi connectivity index (χ1) is 18.0. The Morgan fingerprint density at radius 1 is 1.05 bits per heavy atom. The fourth-order valence-corrected chi connectivity index (χ4v) is 4.48. The monoisotopic (exact) mass is 499 g/mol. The SMILES string of the molecule is COc1ccc2nc(-c3ccc(F)c(OC)c3)cc(C(=O)N[C@@H](CO)Cc3c[nH]c4ccccc34)c2c1. The van der Waals surface area contributed by atoms with Crippen LogP contribution in [0.2, 0.25) is 0 Å². The van der Waals surface area contributed by atoms with Gasteiger partial charge < -0.3 is 24.9 Å². The Morgan fingerprint density at radius 3 is 2.68 bits per heavy atom. The number of hydrogen-bond acceptors (Lipinski definition) is 5. The standard InChI is InChI=1S/C29H26FN3O4/c1-36-20-8-10-26-22(13-20)23(14-27(33-26)17-7-9-24(30)28(12-17)37-2)29(35)32-19(16-34)11-18-15-31-25-6-4-3-5-21(18)25/h3-10,12-15,19,31,34H,11,16H2,1-2H3,(H,32,35)/t19-/m1/s1. The molecule has 0 saturated heterocycles. The second kappa shape index (κ2) is 10.3. The van der Waals surface area contributed by atoms with Gasteiger partial charge in [0.05, 0.1) is 43.6 Å². The van der Waals surface area contributed by atoms with Crippen molar-refractivity contribution >= 4 is 27.7 Å². The quantitative estimate of drug-likeness (QED) is 0.283. The molecular formula is C29H26FN3O4. The largest absolute Gasteiger partial charge is 0.497 e. The zero-order valence-electron chi connectivity index (χ0n) is 20.4. The van der Waals surface area contributed by atoms with Crippen molar-refractivity contribution in [3.63, 3.8) is 0 Å². The van der Waals surface area contributed by atoms with Gasteiger partial charge in [-0.05, 0) is 60.5 Å². The summed E-state index contributed by atoms with van der Waals surface area (Å²) in [4.78, 5) is 21.5. The first-order valence-corrected chi connectivity index (χ1v) is 11.8. The zero-order chi connectivity index (χ0) is 25.9. The van der Waals surface area contributed by atoms with Crippen LogP contribution < -0.4 is 14.8 Å². The molecule has 2 aromatic heterocycles. The number of amides is 1. The molecule has 0 aliphatic rings. The average molecular weight is 500 g/mol. The minimum Gasteiger partial charge on any atom is -0.497 e. The van der Waals surface area contributed by atoms with Crippen molar-refractivity contribution in [2.24, 2.45) is 0 Å². The normalized spacial score (nSPS) is 12.0. The number of carbonyl (C=O) groups excluding carboxylic acids is 1. The van der Waals surface area contributed by atoms with Gasteiger partial charge in [-0.2, -0.15) is 0 Å². The van der Waals surface area contributed by atoms with Crippen molar-refractivity contribution < 1.29 is 23.8 Å². The lowest BCUT2D eigenvalue weighted by Gasteiger charge is -2.18. The fraction of sp³-hybridized carbons (Fsp3) is 0.172. The molecule has 0 spiro atoms. The molecule has 3 N–H and O–H groups in total. The summed E-state index contributed by atoms with van der Waals surface area (Å²) < 4.78 is 24.5. The van der Waals surface area contributed by atoms with Gasteiger partial charge in [0.25, 0.3) is 5.91 Å². The van der Waals surface area contributed by atoms with Gasteiger partial charge in [0, 0.05) is 28.0 Å². The number of fused-ring (bicyclic) bond motifs is 2. The Morgan fingerprint density at radius 2 is 1.89 bits per heavy atom. The molecule has 37 heavy (non-hydrogen) atoms. The molecule has 5 rings (SSSR count). The van der Waals surface area contributed by atoms with E-state index in [1.54, 1.807) is 43.5 Å². The number of H-pyrrole nitrogens is 1. The van der Waals surface area contributed by atoms with Crippen molar-refractivity contribution in [3.8, 4) is 22.8 Å². The number of para-hydroxylation sites is 1. The Bertz CT molecular complexity index is 1600. The Hall–Kier alpha value is -4.43. The van der Waals surface area contributed by atoms with Crippen LogP contribution in [0, 0.1) is 5.82 Å². The first-order valence-electron chi connectivity index (χ1n) is 11.8. The number of pyridine rings is 1. The molecule has 1 amide bonds. The third-order valence-corrected chi connectivity index (χ3v) is 6.40. The van der Waals surface area contributed by atoms with Crippen molar-refractivity contribution in [2.45, 2.75) is 12.5 Å². The maximum absolute atomic E-state index is 14.0. The molecule has 2 heterocycles. The molecule has 0 bridgehead atoms. The maximum atomic E-state index is 14.0. The van der Waals surface area contributed by atoms with E-state index in [1.807, 2.05) is 30.5 Å². The predicted molar refractivity (Wildman–Crippen MR) is 141 cm³/mol. The number of aliphatic hydroxyl groups excluding tert-OH is 1. The number of ether oxygens (including phenoxy) is 2. The number of halogens is 1. The molecular weight excluding hydrogens is 473 g/mol. The minimum atomic E-state index is -0.519. The van der Waals surface area contributed by atoms with Crippen molar-refractivity contribution in [2.75, 3.05) is 20.8 Å². The molecule has 0 radical (unpaired) electrons. The summed E-state index contributed by atoms with van der Waals surface area (Å²) in [5, 5.41) is 14.7. The summed E-state index contributed by atoms with van der Waals surface area (Å²) in [7, 11) is 2.94. The summed E-state index contributed by atoms with van der Waals surface area (Å²) in [5.74, 6) is -0.191. The molecule has 5 aromatic rings. The van der Waals surface area contributed by atoms with E-state index >= 15 is 0 Å². The van der Waals surface area contributed by atoms with Crippen molar-refractivity contribution in [1.29, 1.82) is 0 Å². The fourth-order valence-electron chi connectivity index (χ4n) is 4.48. The van der Waals surface area contributed by atoms with E-state index in [4.69, 9.17) is 14.5 Å². The number of rotatable bonds is 8. The molecule has 3 aromatic carbocycles. The number of carbonyl (C=O) groups is 1. The predicted octanol–water partition coefficient (Wildman–Crippen LogP) is 4.87. The van der Waals surface area contributed by atoms with Gasteiger partial charge >= 0.3 is 0 Å². The minimum absolute atomic E-state index is 0.0826. The van der Waals surface area contributed by atoms with Gasteiger partial charge in [-0.15, -0.1) is 0 Å². The lowest BCUT2D eigenvalue weighted by atomic mass is 10.0. The number of benzene rings is 3. The van der Waals surface area contributed by atoms with E-state index in [0.29, 0.717) is 39.9 Å². The molecule has 0 aliphatic carbocycles. The number of hydrogen-bond donors (Lipinski definition) is 3. The van der Waals surface area contributed by atoms with Crippen LogP contribution in [0.15, 0.2) is 72.9 Å². The van der Waals surface area contributed by atoms with Crippen LogP contribution in [-0.2, 0) is 6.42 Å².